The van der Waals surface area contributed by atoms with Crippen LogP contribution in [0.15, 0.2) is 34.1 Å². The van der Waals surface area contributed by atoms with Crippen LogP contribution in [0.3, 0.4) is 0 Å². The minimum absolute atomic E-state index is 0.188. The van der Waals surface area contributed by atoms with E-state index in [2.05, 4.69) is 0 Å². The number of rotatable bonds is 1. The predicted molar refractivity (Wildman–Crippen MR) is 67.0 cm³/mol. The maximum absolute atomic E-state index is 11.9. The Morgan fingerprint density at radius 1 is 1.18 bits per heavy atom. The number of hydrogen-bond donors (Lipinski definition) is 0. The maximum Gasteiger partial charge on any atom is 0.258 e. The molecule has 1 aromatic heterocycles. The fraction of sp³-hybridized carbons (Fsp3) is 0.250. The number of benzene rings is 1. The highest BCUT2D eigenvalue weighted by atomic mass is 32.2. The van der Waals surface area contributed by atoms with Crippen LogP contribution in [0.5, 0.6) is 0 Å². The second-order valence-electron chi connectivity index (χ2n) is 4.23. The van der Waals surface area contributed by atoms with Gasteiger partial charge in [-0.25, -0.2) is 8.42 Å². The summed E-state index contributed by atoms with van der Waals surface area (Å²) >= 11 is 0. The van der Waals surface area contributed by atoms with Gasteiger partial charge in [0.2, 0.25) is 0 Å². The largest absolute Gasteiger partial charge is 0.317 e. The summed E-state index contributed by atoms with van der Waals surface area (Å²) in [7, 11) is -1.79. The summed E-state index contributed by atoms with van der Waals surface area (Å²) < 4.78 is 24.7. The average molecular weight is 251 g/mol. The van der Waals surface area contributed by atoms with E-state index < -0.39 is 9.84 Å². The van der Waals surface area contributed by atoms with Crippen molar-refractivity contribution in [2.75, 3.05) is 6.26 Å². The first kappa shape index (κ1) is 11.9. The second-order valence-corrected chi connectivity index (χ2v) is 6.21. The van der Waals surface area contributed by atoms with Crippen LogP contribution in [-0.4, -0.2) is 19.2 Å². The molecular weight excluding hydrogens is 238 g/mol. The lowest BCUT2D eigenvalue weighted by molar-refractivity contribution is 0.601. The Morgan fingerprint density at radius 3 is 2.41 bits per heavy atom. The minimum Gasteiger partial charge on any atom is -0.317 e. The molecule has 90 valence electrons. The van der Waals surface area contributed by atoms with Crippen LogP contribution in [0.4, 0.5) is 0 Å². The summed E-state index contributed by atoms with van der Waals surface area (Å²) in [5.41, 5.74) is 0.739. The first-order valence-corrected chi connectivity index (χ1v) is 7.00. The summed E-state index contributed by atoms with van der Waals surface area (Å²) in [5, 5.41) is 0.927. The zero-order chi connectivity index (χ0) is 12.8. The molecule has 4 nitrogen and oxygen atoms in total. The van der Waals surface area contributed by atoms with Crippen LogP contribution in [-0.2, 0) is 16.9 Å². The summed E-state index contributed by atoms with van der Waals surface area (Å²) in [6.07, 6.45) is 2.52. The molecule has 5 heteroatoms. The summed E-state index contributed by atoms with van der Waals surface area (Å²) in [6, 6.07) is 5.20. The lowest BCUT2D eigenvalue weighted by Crippen LogP contribution is -2.18. The van der Waals surface area contributed by atoms with Gasteiger partial charge in [0, 0.05) is 30.3 Å². The third-order valence-electron chi connectivity index (χ3n) is 2.70. The molecule has 2 rings (SSSR count). The number of fused-ring (bicyclic) bond motifs is 1. The van der Waals surface area contributed by atoms with Crippen LogP contribution in [0.1, 0.15) is 5.56 Å². The van der Waals surface area contributed by atoms with Crippen LogP contribution in [0, 0.1) is 6.92 Å². The minimum atomic E-state index is -3.35. The van der Waals surface area contributed by atoms with Gasteiger partial charge >= 0.3 is 0 Å². The number of sulfone groups is 1. The predicted octanol–water partition coefficient (Wildman–Crippen LogP) is 1.25. The molecule has 0 saturated heterocycles. The molecule has 0 aliphatic rings. The Bertz CT molecular complexity index is 757. The van der Waals surface area contributed by atoms with Crippen molar-refractivity contribution in [1.82, 2.24) is 4.57 Å². The van der Waals surface area contributed by atoms with Gasteiger partial charge in [-0.3, -0.25) is 4.79 Å². The van der Waals surface area contributed by atoms with Crippen molar-refractivity contribution >= 4 is 20.6 Å². The first-order chi connectivity index (χ1) is 7.80. The molecule has 0 fully saturated rings. The van der Waals surface area contributed by atoms with E-state index in [0.717, 1.165) is 11.8 Å². The molecule has 0 bridgehead atoms. The molecule has 1 aromatic carbocycles. The van der Waals surface area contributed by atoms with Gasteiger partial charge in [0.15, 0.2) is 9.84 Å². The van der Waals surface area contributed by atoms with Gasteiger partial charge in [-0.15, -0.1) is 0 Å². The third kappa shape index (κ3) is 1.98. The number of aromatic nitrogens is 1. The van der Waals surface area contributed by atoms with E-state index in [4.69, 9.17) is 0 Å². The number of aryl methyl sites for hydroxylation is 2. The van der Waals surface area contributed by atoms with Crippen LogP contribution < -0.4 is 5.56 Å². The Hall–Kier alpha value is -1.62. The Kier molecular flexibility index (Phi) is 2.58. The summed E-state index contributed by atoms with van der Waals surface area (Å²) in [4.78, 5) is 12.1. The highest BCUT2D eigenvalue weighted by Gasteiger charge is 2.15. The van der Waals surface area contributed by atoms with Crippen LogP contribution in [0.25, 0.3) is 10.8 Å². The van der Waals surface area contributed by atoms with E-state index in [1.807, 2.05) is 6.92 Å². The van der Waals surface area contributed by atoms with Gasteiger partial charge in [0.1, 0.15) is 0 Å². The van der Waals surface area contributed by atoms with Gasteiger partial charge < -0.3 is 4.57 Å². The highest BCUT2D eigenvalue weighted by molar-refractivity contribution is 7.91. The fourth-order valence-electron chi connectivity index (χ4n) is 1.84. The molecule has 0 spiro atoms. The van der Waals surface area contributed by atoms with Gasteiger partial charge in [-0.1, -0.05) is 11.6 Å². The number of hydrogen-bond acceptors (Lipinski definition) is 3. The van der Waals surface area contributed by atoms with Crippen molar-refractivity contribution in [3.8, 4) is 0 Å². The van der Waals surface area contributed by atoms with E-state index in [1.54, 1.807) is 25.2 Å². The van der Waals surface area contributed by atoms with Gasteiger partial charge in [-0.2, -0.15) is 0 Å². The maximum atomic E-state index is 11.9. The summed E-state index contributed by atoms with van der Waals surface area (Å²) in [5.74, 6) is 0. The molecule has 0 aliphatic carbocycles. The topological polar surface area (TPSA) is 56.1 Å². The molecule has 0 unspecified atom stereocenters. The van der Waals surface area contributed by atoms with E-state index in [9.17, 15) is 13.2 Å². The van der Waals surface area contributed by atoms with E-state index in [-0.39, 0.29) is 10.5 Å². The molecule has 0 aliphatic heterocycles. The molecule has 17 heavy (non-hydrogen) atoms. The van der Waals surface area contributed by atoms with Crippen molar-refractivity contribution in [3.63, 3.8) is 0 Å². The normalized spacial score (nSPS) is 11.9. The first-order valence-electron chi connectivity index (χ1n) is 5.11. The molecule has 1 heterocycles. The zero-order valence-corrected chi connectivity index (χ0v) is 10.7. The standard InChI is InChI=1S/C12H13NO3S/c1-8-4-5-9-10(6-8)11(17(3,15)16)7-13(2)12(9)14/h4-7H,1-3H3. The zero-order valence-electron chi connectivity index (χ0n) is 9.89. The van der Waals surface area contributed by atoms with Gasteiger partial charge in [0.25, 0.3) is 5.56 Å². The number of pyridine rings is 1. The average Bonchev–Trinajstić information content (AvgIpc) is 2.21. The quantitative estimate of drug-likeness (QED) is 0.766. The van der Waals surface area contributed by atoms with Crippen LogP contribution >= 0.6 is 0 Å². The fourth-order valence-corrected chi connectivity index (χ4v) is 2.76. The van der Waals surface area contributed by atoms with E-state index in [0.29, 0.717) is 10.8 Å². The summed E-state index contributed by atoms with van der Waals surface area (Å²) in [6.45, 7) is 1.86. The molecule has 0 atom stereocenters. The van der Waals surface area contributed by atoms with Crippen molar-refractivity contribution < 1.29 is 8.42 Å². The van der Waals surface area contributed by atoms with Crippen molar-refractivity contribution in [1.29, 1.82) is 0 Å². The molecule has 0 saturated carbocycles. The van der Waals surface area contributed by atoms with Crippen molar-refractivity contribution in [2.45, 2.75) is 11.8 Å². The lowest BCUT2D eigenvalue weighted by atomic mass is 10.1. The SMILES string of the molecule is Cc1ccc2c(=O)n(C)cc(S(C)(=O)=O)c2c1. The van der Waals surface area contributed by atoms with Gasteiger partial charge in [0.05, 0.1) is 4.90 Å². The monoisotopic (exact) mass is 251 g/mol. The second kappa shape index (κ2) is 3.70. The third-order valence-corrected chi connectivity index (χ3v) is 3.83. The highest BCUT2D eigenvalue weighted by Crippen LogP contribution is 2.21. The van der Waals surface area contributed by atoms with Crippen LogP contribution in [0.2, 0.25) is 0 Å². The molecule has 0 N–H and O–H groups in total. The molecule has 0 radical (unpaired) electrons. The Morgan fingerprint density at radius 2 is 1.82 bits per heavy atom. The van der Waals surface area contributed by atoms with Crippen molar-refractivity contribution in [3.05, 3.63) is 40.3 Å². The smallest absolute Gasteiger partial charge is 0.258 e. The Balaban J connectivity index is 3.10. The Labute approximate surface area is 99.4 Å². The number of nitrogens with zero attached hydrogens (tertiary/aromatic N) is 1. The molecule has 0 amide bonds. The van der Waals surface area contributed by atoms with E-state index in [1.165, 1.54) is 10.8 Å². The van der Waals surface area contributed by atoms with E-state index >= 15 is 0 Å². The van der Waals surface area contributed by atoms with Crippen molar-refractivity contribution in [2.24, 2.45) is 7.05 Å². The molecule has 2 aromatic rings. The lowest BCUT2D eigenvalue weighted by Gasteiger charge is -2.08. The van der Waals surface area contributed by atoms with Gasteiger partial charge in [-0.05, 0) is 19.1 Å². The molecular formula is C12H13NO3S.